The van der Waals surface area contributed by atoms with Crippen molar-refractivity contribution in [3.63, 3.8) is 0 Å². The lowest BCUT2D eigenvalue weighted by molar-refractivity contribution is 0.566. The third-order valence-corrected chi connectivity index (χ3v) is 4.17. The van der Waals surface area contributed by atoms with Gasteiger partial charge in [-0.05, 0) is 39.0 Å². The van der Waals surface area contributed by atoms with Gasteiger partial charge in [0.1, 0.15) is 5.82 Å². The van der Waals surface area contributed by atoms with E-state index in [1.54, 1.807) is 20.8 Å². The highest BCUT2D eigenvalue weighted by Crippen LogP contribution is 2.22. The van der Waals surface area contributed by atoms with Crippen LogP contribution in [0.4, 0.5) is 15.8 Å². The van der Waals surface area contributed by atoms with Gasteiger partial charge in [0.25, 0.3) is 0 Å². The summed E-state index contributed by atoms with van der Waals surface area (Å²) in [6, 6.07) is 3.70. The number of benzene rings is 1. The molecule has 4 nitrogen and oxygen atoms in total. The van der Waals surface area contributed by atoms with Crippen LogP contribution in [0.25, 0.3) is 0 Å². The Hall–Kier alpha value is -1.30. The summed E-state index contributed by atoms with van der Waals surface area (Å²) in [6.07, 6.45) is 0. The standard InChI is InChI=1S/C10H15FN2O2S/c1-10(2,3)16(14,15)13-7-4-5-8(11)9(12)6-7/h4-6,13H,12H2,1-3H3. The Morgan fingerprint density at radius 3 is 2.31 bits per heavy atom. The minimum absolute atomic E-state index is 0.0888. The molecular formula is C10H15FN2O2S. The van der Waals surface area contributed by atoms with Crippen molar-refractivity contribution in [1.82, 2.24) is 0 Å². The van der Waals surface area contributed by atoms with Crippen LogP contribution in [-0.4, -0.2) is 13.2 Å². The molecule has 0 aliphatic heterocycles. The smallest absolute Gasteiger partial charge is 0.237 e. The van der Waals surface area contributed by atoms with E-state index in [4.69, 9.17) is 5.73 Å². The van der Waals surface area contributed by atoms with E-state index in [2.05, 4.69) is 4.72 Å². The SMILES string of the molecule is CC(C)(C)S(=O)(=O)Nc1ccc(F)c(N)c1. The zero-order valence-electron chi connectivity index (χ0n) is 9.41. The second kappa shape index (κ2) is 3.93. The van der Waals surface area contributed by atoms with E-state index in [1.807, 2.05) is 0 Å². The van der Waals surface area contributed by atoms with Crippen LogP contribution < -0.4 is 10.5 Å². The molecule has 0 aliphatic carbocycles. The third-order valence-electron chi connectivity index (χ3n) is 2.05. The molecule has 0 aromatic heterocycles. The molecule has 0 saturated carbocycles. The Bertz CT molecular complexity index is 492. The van der Waals surface area contributed by atoms with Gasteiger partial charge in [0.15, 0.2) is 0 Å². The number of halogens is 1. The van der Waals surface area contributed by atoms with Crippen molar-refractivity contribution >= 4 is 21.4 Å². The quantitative estimate of drug-likeness (QED) is 0.783. The molecule has 0 heterocycles. The molecule has 1 rings (SSSR count). The molecule has 0 bridgehead atoms. The predicted octanol–water partition coefficient (Wildman–Crippen LogP) is 1.95. The largest absolute Gasteiger partial charge is 0.396 e. The average Bonchev–Trinajstić information content (AvgIpc) is 2.09. The molecule has 0 spiro atoms. The van der Waals surface area contributed by atoms with Crippen LogP contribution in [0, 0.1) is 5.82 Å². The number of hydrogen-bond donors (Lipinski definition) is 2. The van der Waals surface area contributed by atoms with Crippen molar-refractivity contribution in [2.24, 2.45) is 0 Å². The molecule has 0 aliphatic rings. The van der Waals surface area contributed by atoms with Gasteiger partial charge in [0.2, 0.25) is 10.0 Å². The summed E-state index contributed by atoms with van der Waals surface area (Å²) in [5, 5.41) is 0. The summed E-state index contributed by atoms with van der Waals surface area (Å²) >= 11 is 0. The van der Waals surface area contributed by atoms with Gasteiger partial charge < -0.3 is 5.73 Å². The normalized spacial score (nSPS) is 12.5. The Kier molecular flexibility index (Phi) is 3.14. The minimum Gasteiger partial charge on any atom is -0.396 e. The van der Waals surface area contributed by atoms with Crippen LogP contribution in [0.2, 0.25) is 0 Å². The van der Waals surface area contributed by atoms with Gasteiger partial charge in [0, 0.05) is 0 Å². The second-order valence-corrected chi connectivity index (χ2v) is 6.89. The number of nitrogen functional groups attached to an aromatic ring is 1. The number of nitrogens with one attached hydrogen (secondary N) is 1. The molecule has 0 atom stereocenters. The van der Waals surface area contributed by atoms with Crippen molar-refractivity contribution in [1.29, 1.82) is 0 Å². The lowest BCUT2D eigenvalue weighted by atomic mass is 10.3. The number of rotatable bonds is 2. The molecule has 6 heteroatoms. The van der Waals surface area contributed by atoms with Gasteiger partial charge in [-0.2, -0.15) is 0 Å². The van der Waals surface area contributed by atoms with Crippen LogP contribution in [0.5, 0.6) is 0 Å². The highest BCUT2D eigenvalue weighted by molar-refractivity contribution is 7.94. The molecule has 0 amide bonds. The number of hydrogen-bond acceptors (Lipinski definition) is 3. The maximum atomic E-state index is 12.9. The maximum Gasteiger partial charge on any atom is 0.237 e. The summed E-state index contributed by atoms with van der Waals surface area (Å²) in [5.41, 5.74) is 5.51. The zero-order chi connectivity index (χ0) is 12.6. The summed E-state index contributed by atoms with van der Waals surface area (Å²) in [6.45, 7) is 4.71. The zero-order valence-corrected chi connectivity index (χ0v) is 10.2. The highest BCUT2D eigenvalue weighted by atomic mass is 32.2. The van der Waals surface area contributed by atoms with Crippen molar-refractivity contribution in [3.05, 3.63) is 24.0 Å². The molecule has 0 unspecified atom stereocenters. The van der Waals surface area contributed by atoms with Gasteiger partial charge in [0.05, 0.1) is 16.1 Å². The third kappa shape index (κ3) is 2.63. The van der Waals surface area contributed by atoms with Crippen molar-refractivity contribution < 1.29 is 12.8 Å². The summed E-state index contributed by atoms with van der Waals surface area (Å²) in [5.74, 6) is -0.571. The van der Waals surface area contributed by atoms with Crippen LogP contribution >= 0.6 is 0 Å². The van der Waals surface area contributed by atoms with Gasteiger partial charge >= 0.3 is 0 Å². The van der Waals surface area contributed by atoms with Gasteiger partial charge in [-0.3, -0.25) is 4.72 Å². The molecule has 3 N–H and O–H groups in total. The summed E-state index contributed by atoms with van der Waals surface area (Å²) < 4.78 is 37.8. The molecule has 0 fully saturated rings. The van der Waals surface area contributed by atoms with Crippen molar-refractivity contribution in [2.75, 3.05) is 10.5 Å². The van der Waals surface area contributed by atoms with Crippen molar-refractivity contribution in [2.45, 2.75) is 25.5 Å². The van der Waals surface area contributed by atoms with Crippen LogP contribution in [0.1, 0.15) is 20.8 Å². The van der Waals surface area contributed by atoms with E-state index in [1.165, 1.54) is 12.1 Å². The molecular weight excluding hydrogens is 231 g/mol. The Labute approximate surface area is 94.7 Å². The van der Waals surface area contributed by atoms with E-state index in [9.17, 15) is 12.8 Å². The maximum absolute atomic E-state index is 12.9. The molecule has 1 aromatic rings. The number of sulfonamides is 1. The monoisotopic (exact) mass is 246 g/mol. The average molecular weight is 246 g/mol. The van der Waals surface area contributed by atoms with Gasteiger partial charge in [-0.1, -0.05) is 0 Å². The molecule has 1 aromatic carbocycles. The Balaban J connectivity index is 3.03. The fraction of sp³-hybridized carbons (Fsp3) is 0.400. The molecule has 16 heavy (non-hydrogen) atoms. The lowest BCUT2D eigenvalue weighted by Crippen LogP contribution is -2.33. The number of nitrogens with two attached hydrogens (primary N) is 1. The van der Waals surface area contributed by atoms with E-state index >= 15 is 0 Å². The van der Waals surface area contributed by atoms with Gasteiger partial charge in [-0.15, -0.1) is 0 Å². The molecule has 0 radical (unpaired) electrons. The van der Waals surface area contributed by atoms with Crippen LogP contribution in [0.3, 0.4) is 0 Å². The fourth-order valence-electron chi connectivity index (χ4n) is 0.915. The summed E-state index contributed by atoms with van der Waals surface area (Å²) in [7, 11) is -3.51. The first-order chi connectivity index (χ1) is 7.13. The van der Waals surface area contributed by atoms with Gasteiger partial charge in [-0.25, -0.2) is 12.8 Å². The highest BCUT2D eigenvalue weighted by Gasteiger charge is 2.28. The first-order valence-electron chi connectivity index (χ1n) is 4.71. The van der Waals surface area contributed by atoms with E-state index in [0.717, 1.165) is 6.07 Å². The van der Waals surface area contributed by atoms with Crippen LogP contribution in [-0.2, 0) is 10.0 Å². The fourth-order valence-corrected chi connectivity index (χ4v) is 1.66. The second-order valence-electron chi connectivity index (χ2n) is 4.45. The Morgan fingerprint density at radius 2 is 1.88 bits per heavy atom. The molecule has 0 saturated heterocycles. The van der Waals surface area contributed by atoms with E-state index in [-0.39, 0.29) is 11.4 Å². The van der Waals surface area contributed by atoms with E-state index < -0.39 is 20.6 Å². The summed E-state index contributed by atoms with van der Waals surface area (Å²) in [4.78, 5) is 0. The van der Waals surface area contributed by atoms with Crippen molar-refractivity contribution in [3.8, 4) is 0 Å². The lowest BCUT2D eigenvalue weighted by Gasteiger charge is -2.20. The first-order valence-corrected chi connectivity index (χ1v) is 6.19. The van der Waals surface area contributed by atoms with E-state index in [0.29, 0.717) is 0 Å². The Morgan fingerprint density at radius 1 is 1.31 bits per heavy atom. The molecule has 90 valence electrons. The predicted molar refractivity (Wildman–Crippen MR) is 63.1 cm³/mol. The topological polar surface area (TPSA) is 72.2 Å². The minimum atomic E-state index is -3.51. The number of anilines is 2. The van der Waals surface area contributed by atoms with Crippen LogP contribution in [0.15, 0.2) is 18.2 Å². The first kappa shape index (κ1) is 12.8.